The predicted octanol–water partition coefficient (Wildman–Crippen LogP) is 3.43. The maximum atomic E-state index is 10.9. The standard InChI is InChI=1S/C24H29ClN4O4/c1-31-23-13-19(5-6-22(23)32-12-11-29-17-26-27-18-29)15-28-9-7-24(30,8-10-28)16-33-21-4-2-3-20(25)14-21/h2-6,13-14,17-18,30H,7-12,15-16H2,1H3. The third-order valence-corrected chi connectivity index (χ3v) is 6.03. The van der Waals surface area contributed by atoms with Gasteiger partial charge in [0.2, 0.25) is 0 Å². The van der Waals surface area contributed by atoms with Crippen LogP contribution in [-0.2, 0) is 13.1 Å². The summed E-state index contributed by atoms with van der Waals surface area (Å²) >= 11 is 6.00. The number of aromatic nitrogens is 3. The SMILES string of the molecule is COc1cc(CN2CCC(O)(COc3cccc(Cl)c3)CC2)ccc1OCCn1cnnc1. The molecular weight excluding hydrogens is 444 g/mol. The molecule has 2 aromatic carbocycles. The van der Waals surface area contributed by atoms with Crippen molar-refractivity contribution in [2.75, 3.05) is 33.4 Å². The van der Waals surface area contributed by atoms with Crippen LogP contribution in [-0.4, -0.2) is 63.8 Å². The summed E-state index contributed by atoms with van der Waals surface area (Å²) < 4.78 is 19.1. The predicted molar refractivity (Wildman–Crippen MR) is 125 cm³/mol. The van der Waals surface area contributed by atoms with Crippen LogP contribution in [0.5, 0.6) is 17.2 Å². The van der Waals surface area contributed by atoms with E-state index in [2.05, 4.69) is 21.2 Å². The number of nitrogens with zero attached hydrogens (tertiary/aromatic N) is 4. The zero-order valence-electron chi connectivity index (χ0n) is 18.7. The molecule has 8 nitrogen and oxygen atoms in total. The summed E-state index contributed by atoms with van der Waals surface area (Å²) in [4.78, 5) is 2.33. The van der Waals surface area contributed by atoms with E-state index in [0.717, 1.165) is 25.2 Å². The number of likely N-dealkylation sites (tertiary alicyclic amines) is 1. The van der Waals surface area contributed by atoms with E-state index in [-0.39, 0.29) is 6.61 Å². The Balaban J connectivity index is 1.26. The molecule has 33 heavy (non-hydrogen) atoms. The van der Waals surface area contributed by atoms with Gasteiger partial charge < -0.3 is 23.9 Å². The molecule has 1 saturated heterocycles. The number of benzene rings is 2. The second-order valence-electron chi connectivity index (χ2n) is 8.28. The molecule has 0 atom stereocenters. The largest absolute Gasteiger partial charge is 0.493 e. The molecule has 3 aromatic rings. The monoisotopic (exact) mass is 472 g/mol. The van der Waals surface area contributed by atoms with Crippen molar-refractivity contribution in [3.8, 4) is 17.2 Å². The Morgan fingerprint density at radius 2 is 1.82 bits per heavy atom. The zero-order valence-corrected chi connectivity index (χ0v) is 19.4. The molecule has 1 N–H and O–H groups in total. The number of hydrogen-bond acceptors (Lipinski definition) is 7. The summed E-state index contributed by atoms with van der Waals surface area (Å²) in [6.07, 6.45) is 4.61. The number of methoxy groups -OCH3 is 1. The quantitative estimate of drug-likeness (QED) is 0.484. The first kappa shape index (κ1) is 23.4. The number of ether oxygens (including phenoxy) is 3. The summed E-state index contributed by atoms with van der Waals surface area (Å²) in [5, 5.41) is 19.1. The van der Waals surface area contributed by atoms with Gasteiger partial charge in [0.25, 0.3) is 0 Å². The molecule has 0 spiro atoms. The Hall–Kier alpha value is -2.81. The van der Waals surface area contributed by atoms with Crippen molar-refractivity contribution in [2.24, 2.45) is 0 Å². The van der Waals surface area contributed by atoms with Gasteiger partial charge in [-0.2, -0.15) is 0 Å². The van der Waals surface area contributed by atoms with E-state index in [1.54, 1.807) is 31.9 Å². The van der Waals surface area contributed by atoms with Crippen LogP contribution in [0.4, 0.5) is 0 Å². The van der Waals surface area contributed by atoms with Gasteiger partial charge in [0, 0.05) is 24.7 Å². The van der Waals surface area contributed by atoms with Crippen LogP contribution >= 0.6 is 11.6 Å². The number of aliphatic hydroxyl groups is 1. The lowest BCUT2D eigenvalue weighted by atomic mass is 9.92. The highest BCUT2D eigenvalue weighted by molar-refractivity contribution is 6.30. The molecule has 1 aromatic heterocycles. The first-order valence-corrected chi connectivity index (χ1v) is 11.4. The molecule has 0 amide bonds. The van der Waals surface area contributed by atoms with E-state index < -0.39 is 5.60 Å². The van der Waals surface area contributed by atoms with E-state index in [1.165, 1.54) is 0 Å². The molecular formula is C24H29ClN4O4. The van der Waals surface area contributed by atoms with Crippen LogP contribution in [0.2, 0.25) is 5.02 Å². The van der Waals surface area contributed by atoms with Crippen molar-refractivity contribution in [3.63, 3.8) is 0 Å². The summed E-state index contributed by atoms with van der Waals surface area (Å²) in [5.41, 5.74) is 0.303. The van der Waals surface area contributed by atoms with Gasteiger partial charge in [0.15, 0.2) is 11.5 Å². The molecule has 176 valence electrons. The van der Waals surface area contributed by atoms with Crippen molar-refractivity contribution >= 4 is 11.6 Å². The third kappa shape index (κ3) is 6.60. The zero-order chi connectivity index (χ0) is 23.1. The highest BCUT2D eigenvalue weighted by Gasteiger charge is 2.33. The van der Waals surface area contributed by atoms with Crippen LogP contribution < -0.4 is 14.2 Å². The second-order valence-corrected chi connectivity index (χ2v) is 8.72. The van der Waals surface area contributed by atoms with Gasteiger partial charge in [-0.3, -0.25) is 4.90 Å². The van der Waals surface area contributed by atoms with E-state index in [0.29, 0.717) is 48.3 Å². The lowest BCUT2D eigenvalue weighted by molar-refractivity contribution is -0.0537. The van der Waals surface area contributed by atoms with Gasteiger partial charge in [-0.1, -0.05) is 23.7 Å². The van der Waals surface area contributed by atoms with E-state index in [1.807, 2.05) is 28.8 Å². The molecule has 0 unspecified atom stereocenters. The van der Waals surface area contributed by atoms with Crippen molar-refractivity contribution in [2.45, 2.75) is 31.5 Å². The average molecular weight is 473 g/mol. The molecule has 2 heterocycles. The fourth-order valence-corrected chi connectivity index (χ4v) is 4.01. The van der Waals surface area contributed by atoms with E-state index in [4.69, 9.17) is 25.8 Å². The van der Waals surface area contributed by atoms with Gasteiger partial charge >= 0.3 is 0 Å². The summed E-state index contributed by atoms with van der Waals surface area (Å²) in [6.45, 7) is 3.77. The molecule has 1 aliphatic rings. The van der Waals surface area contributed by atoms with Crippen molar-refractivity contribution in [3.05, 3.63) is 65.7 Å². The fourth-order valence-electron chi connectivity index (χ4n) is 3.83. The summed E-state index contributed by atoms with van der Waals surface area (Å²) in [7, 11) is 1.65. The maximum absolute atomic E-state index is 10.9. The van der Waals surface area contributed by atoms with Gasteiger partial charge in [-0.25, -0.2) is 0 Å². The highest BCUT2D eigenvalue weighted by atomic mass is 35.5. The molecule has 0 bridgehead atoms. The molecule has 9 heteroatoms. The Morgan fingerprint density at radius 3 is 2.55 bits per heavy atom. The van der Waals surface area contributed by atoms with Crippen LogP contribution in [0, 0.1) is 0 Å². The van der Waals surface area contributed by atoms with Crippen molar-refractivity contribution in [1.82, 2.24) is 19.7 Å². The molecule has 1 aliphatic heterocycles. The Labute approximate surface area is 198 Å². The van der Waals surface area contributed by atoms with Crippen molar-refractivity contribution < 1.29 is 19.3 Å². The molecule has 4 rings (SSSR count). The van der Waals surface area contributed by atoms with Gasteiger partial charge in [-0.05, 0) is 48.7 Å². The molecule has 0 aliphatic carbocycles. The number of rotatable bonds is 10. The minimum atomic E-state index is -0.834. The van der Waals surface area contributed by atoms with E-state index >= 15 is 0 Å². The van der Waals surface area contributed by atoms with Crippen LogP contribution in [0.15, 0.2) is 55.1 Å². The third-order valence-electron chi connectivity index (χ3n) is 5.80. The lowest BCUT2D eigenvalue weighted by Gasteiger charge is -2.38. The summed E-state index contributed by atoms with van der Waals surface area (Å²) in [5.74, 6) is 2.09. The normalized spacial score (nSPS) is 15.8. The van der Waals surface area contributed by atoms with Gasteiger partial charge in [0.1, 0.15) is 37.2 Å². The first-order valence-electron chi connectivity index (χ1n) is 11.0. The van der Waals surface area contributed by atoms with Crippen LogP contribution in [0.3, 0.4) is 0 Å². The molecule has 0 radical (unpaired) electrons. The highest BCUT2D eigenvalue weighted by Crippen LogP contribution is 2.30. The van der Waals surface area contributed by atoms with Gasteiger partial charge in [-0.15, -0.1) is 10.2 Å². The minimum Gasteiger partial charge on any atom is -0.493 e. The average Bonchev–Trinajstić information content (AvgIpc) is 3.34. The Bertz CT molecular complexity index is 1020. The van der Waals surface area contributed by atoms with E-state index in [9.17, 15) is 5.11 Å². The number of halogens is 1. The smallest absolute Gasteiger partial charge is 0.161 e. The molecule has 1 fully saturated rings. The fraction of sp³-hybridized carbons (Fsp3) is 0.417. The van der Waals surface area contributed by atoms with Gasteiger partial charge in [0.05, 0.1) is 13.7 Å². The lowest BCUT2D eigenvalue weighted by Crippen LogP contribution is -2.47. The number of hydrogen-bond donors (Lipinski definition) is 1. The Kier molecular flexibility index (Phi) is 7.69. The summed E-state index contributed by atoms with van der Waals surface area (Å²) in [6, 6.07) is 13.3. The molecule has 0 saturated carbocycles. The topological polar surface area (TPSA) is 81.9 Å². The number of piperidine rings is 1. The van der Waals surface area contributed by atoms with Crippen LogP contribution in [0.25, 0.3) is 0 Å². The first-order chi connectivity index (χ1) is 16.0. The van der Waals surface area contributed by atoms with Crippen molar-refractivity contribution in [1.29, 1.82) is 0 Å². The maximum Gasteiger partial charge on any atom is 0.161 e. The second kappa shape index (κ2) is 10.9. The minimum absolute atomic E-state index is 0.260. The van der Waals surface area contributed by atoms with Crippen LogP contribution in [0.1, 0.15) is 18.4 Å². The Morgan fingerprint density at radius 1 is 1.03 bits per heavy atom.